The van der Waals surface area contributed by atoms with Crippen LogP contribution in [0.4, 0.5) is 5.95 Å². The molecule has 6 heteroatoms. The molecule has 0 fully saturated rings. The maximum Gasteiger partial charge on any atom is 0.226 e. The van der Waals surface area contributed by atoms with Gasteiger partial charge >= 0.3 is 0 Å². The summed E-state index contributed by atoms with van der Waals surface area (Å²) in [7, 11) is 0. The molecule has 18 heavy (non-hydrogen) atoms. The molecule has 0 amide bonds. The van der Waals surface area contributed by atoms with Crippen molar-refractivity contribution < 1.29 is 4.74 Å². The highest BCUT2D eigenvalue weighted by Gasteiger charge is 2.13. The van der Waals surface area contributed by atoms with Crippen LogP contribution in [-0.4, -0.2) is 21.6 Å². The number of thiazole rings is 1. The van der Waals surface area contributed by atoms with E-state index in [4.69, 9.17) is 4.74 Å². The lowest BCUT2D eigenvalue weighted by molar-refractivity contribution is 0.326. The van der Waals surface area contributed by atoms with Crippen LogP contribution in [0.5, 0.6) is 5.88 Å². The topological polar surface area (TPSA) is 59.9 Å². The summed E-state index contributed by atoms with van der Waals surface area (Å²) in [4.78, 5) is 12.8. The fourth-order valence-corrected chi connectivity index (χ4v) is 2.31. The van der Waals surface area contributed by atoms with Crippen LogP contribution in [0.15, 0.2) is 23.8 Å². The van der Waals surface area contributed by atoms with Crippen molar-refractivity contribution in [2.24, 2.45) is 0 Å². The molecule has 2 rings (SSSR count). The molecule has 1 atom stereocenters. The minimum absolute atomic E-state index is 0.141. The number of nitrogens with one attached hydrogen (secondary N) is 1. The molecule has 2 heterocycles. The predicted octanol–water partition coefficient (Wildman–Crippen LogP) is 2.90. The number of ether oxygens (including phenoxy) is 1. The molecular formula is C12H16N4OS. The third-order valence-corrected chi connectivity index (χ3v) is 3.27. The summed E-state index contributed by atoms with van der Waals surface area (Å²) in [6.45, 7) is 4.63. The molecule has 0 bridgehead atoms. The predicted molar refractivity (Wildman–Crippen MR) is 72.0 cm³/mol. The van der Waals surface area contributed by atoms with Crippen molar-refractivity contribution in [3.8, 4) is 5.88 Å². The molecule has 0 aliphatic rings. The second-order valence-corrected chi connectivity index (χ2v) is 4.55. The van der Waals surface area contributed by atoms with Crippen molar-refractivity contribution in [3.63, 3.8) is 0 Å². The summed E-state index contributed by atoms with van der Waals surface area (Å²) in [6, 6.07) is 1.89. The van der Waals surface area contributed by atoms with Crippen molar-refractivity contribution in [1.29, 1.82) is 0 Å². The molecule has 0 aliphatic heterocycles. The Kier molecular flexibility index (Phi) is 4.46. The highest BCUT2D eigenvalue weighted by Crippen LogP contribution is 2.22. The van der Waals surface area contributed by atoms with E-state index in [-0.39, 0.29) is 6.04 Å². The lowest BCUT2D eigenvalue weighted by Crippen LogP contribution is -2.12. The number of hydrogen-bond acceptors (Lipinski definition) is 6. The van der Waals surface area contributed by atoms with Gasteiger partial charge in [0.25, 0.3) is 0 Å². The molecule has 0 aromatic carbocycles. The van der Waals surface area contributed by atoms with Gasteiger partial charge in [-0.05, 0) is 13.3 Å². The van der Waals surface area contributed by atoms with E-state index in [0.29, 0.717) is 18.4 Å². The lowest BCUT2D eigenvalue weighted by Gasteiger charge is -2.14. The maximum atomic E-state index is 5.35. The number of anilines is 1. The van der Waals surface area contributed by atoms with Crippen LogP contribution in [0.1, 0.15) is 31.3 Å². The van der Waals surface area contributed by atoms with Crippen molar-refractivity contribution in [2.45, 2.75) is 26.3 Å². The van der Waals surface area contributed by atoms with Crippen LogP contribution in [0.3, 0.4) is 0 Å². The first kappa shape index (κ1) is 12.8. The van der Waals surface area contributed by atoms with Gasteiger partial charge in [0.05, 0.1) is 12.6 Å². The quantitative estimate of drug-likeness (QED) is 0.869. The van der Waals surface area contributed by atoms with E-state index in [2.05, 4.69) is 27.2 Å². The van der Waals surface area contributed by atoms with Gasteiger partial charge in [-0.1, -0.05) is 6.92 Å². The van der Waals surface area contributed by atoms with Gasteiger partial charge in [-0.2, -0.15) is 4.98 Å². The molecule has 2 aromatic rings. The highest BCUT2D eigenvalue weighted by molar-refractivity contribution is 7.09. The highest BCUT2D eigenvalue weighted by atomic mass is 32.1. The summed E-state index contributed by atoms with van der Waals surface area (Å²) in [5.41, 5.74) is 0. The molecule has 0 aliphatic carbocycles. The number of aromatic nitrogens is 3. The van der Waals surface area contributed by atoms with Gasteiger partial charge in [-0.3, -0.25) is 0 Å². The third kappa shape index (κ3) is 3.16. The van der Waals surface area contributed by atoms with Crippen LogP contribution >= 0.6 is 11.3 Å². The van der Waals surface area contributed by atoms with Gasteiger partial charge in [0.1, 0.15) is 5.01 Å². The van der Waals surface area contributed by atoms with Crippen molar-refractivity contribution in [1.82, 2.24) is 15.0 Å². The summed E-state index contributed by atoms with van der Waals surface area (Å²) in [6.07, 6.45) is 4.42. The van der Waals surface area contributed by atoms with Gasteiger partial charge in [0.2, 0.25) is 11.8 Å². The molecule has 96 valence electrons. The van der Waals surface area contributed by atoms with Gasteiger partial charge < -0.3 is 10.1 Å². The van der Waals surface area contributed by atoms with Crippen LogP contribution in [0.25, 0.3) is 0 Å². The molecule has 0 radical (unpaired) electrons. The fourth-order valence-electron chi connectivity index (χ4n) is 1.54. The van der Waals surface area contributed by atoms with E-state index >= 15 is 0 Å². The van der Waals surface area contributed by atoms with Crippen LogP contribution in [-0.2, 0) is 0 Å². The Morgan fingerprint density at radius 3 is 2.89 bits per heavy atom. The minimum Gasteiger partial charge on any atom is -0.478 e. The molecule has 0 saturated carbocycles. The van der Waals surface area contributed by atoms with E-state index < -0.39 is 0 Å². The van der Waals surface area contributed by atoms with Crippen LogP contribution in [0.2, 0.25) is 0 Å². The van der Waals surface area contributed by atoms with Crippen molar-refractivity contribution in [2.75, 3.05) is 11.9 Å². The monoisotopic (exact) mass is 264 g/mol. The lowest BCUT2D eigenvalue weighted by atomic mass is 10.2. The number of rotatable bonds is 6. The van der Waals surface area contributed by atoms with E-state index in [9.17, 15) is 0 Å². The summed E-state index contributed by atoms with van der Waals surface area (Å²) in [5.74, 6) is 1.16. The van der Waals surface area contributed by atoms with E-state index in [1.807, 2.05) is 18.5 Å². The van der Waals surface area contributed by atoms with Crippen molar-refractivity contribution >= 4 is 17.3 Å². The molecule has 0 saturated heterocycles. The first-order chi connectivity index (χ1) is 8.83. The Balaban J connectivity index is 2.09. The zero-order valence-corrected chi connectivity index (χ0v) is 11.3. The van der Waals surface area contributed by atoms with Gasteiger partial charge in [-0.15, -0.1) is 11.3 Å². The molecule has 2 aromatic heterocycles. The fraction of sp³-hybridized carbons (Fsp3) is 0.417. The van der Waals surface area contributed by atoms with E-state index in [1.165, 1.54) is 0 Å². The second kappa shape index (κ2) is 6.30. The van der Waals surface area contributed by atoms with Gasteiger partial charge in [0.15, 0.2) is 0 Å². The SMILES string of the molecule is CCOc1ccnc(NC(CC)c2nccs2)n1. The first-order valence-electron chi connectivity index (χ1n) is 5.95. The standard InChI is InChI=1S/C12H16N4OS/c1-3-9(11-13-7-8-18-11)15-12-14-6-5-10(16-12)17-4-2/h5-9H,3-4H2,1-2H3,(H,14,15,16). The van der Waals surface area contributed by atoms with Crippen LogP contribution < -0.4 is 10.1 Å². The average molecular weight is 264 g/mol. The molecule has 5 nitrogen and oxygen atoms in total. The molecule has 1 N–H and O–H groups in total. The second-order valence-electron chi connectivity index (χ2n) is 3.63. The summed E-state index contributed by atoms with van der Waals surface area (Å²) in [5, 5.41) is 6.29. The molecule has 1 unspecified atom stereocenters. The number of nitrogens with zero attached hydrogens (tertiary/aromatic N) is 3. The Bertz CT molecular complexity index is 475. The minimum atomic E-state index is 0.141. The van der Waals surface area contributed by atoms with E-state index in [0.717, 1.165) is 11.4 Å². The van der Waals surface area contributed by atoms with Gasteiger partial charge in [-0.25, -0.2) is 9.97 Å². The average Bonchev–Trinajstić information content (AvgIpc) is 2.90. The summed E-state index contributed by atoms with van der Waals surface area (Å²) < 4.78 is 5.35. The Hall–Kier alpha value is -1.69. The maximum absolute atomic E-state index is 5.35. The van der Waals surface area contributed by atoms with Crippen molar-refractivity contribution in [3.05, 3.63) is 28.8 Å². The Morgan fingerprint density at radius 1 is 1.33 bits per heavy atom. The smallest absolute Gasteiger partial charge is 0.226 e. The molecular weight excluding hydrogens is 248 g/mol. The van der Waals surface area contributed by atoms with Gasteiger partial charge in [0, 0.05) is 23.8 Å². The Morgan fingerprint density at radius 2 is 2.22 bits per heavy atom. The normalized spacial score (nSPS) is 12.1. The zero-order chi connectivity index (χ0) is 12.8. The van der Waals surface area contributed by atoms with E-state index in [1.54, 1.807) is 23.6 Å². The Labute approximate surface area is 110 Å². The zero-order valence-electron chi connectivity index (χ0n) is 10.5. The first-order valence-corrected chi connectivity index (χ1v) is 6.83. The molecule has 0 spiro atoms. The largest absolute Gasteiger partial charge is 0.478 e. The number of hydrogen-bond donors (Lipinski definition) is 1. The summed E-state index contributed by atoms with van der Waals surface area (Å²) >= 11 is 1.63. The van der Waals surface area contributed by atoms with Crippen LogP contribution in [0, 0.1) is 0 Å². The third-order valence-electron chi connectivity index (χ3n) is 2.38.